The van der Waals surface area contributed by atoms with E-state index in [2.05, 4.69) is 15.3 Å². The second kappa shape index (κ2) is 9.53. The van der Waals surface area contributed by atoms with Crippen LogP contribution >= 0.6 is 11.8 Å². The number of rotatable bonds is 7. The van der Waals surface area contributed by atoms with Crippen LogP contribution in [0.25, 0.3) is 0 Å². The van der Waals surface area contributed by atoms with E-state index in [0.29, 0.717) is 39.3 Å². The van der Waals surface area contributed by atoms with Crippen LogP contribution < -0.4 is 25.1 Å². The zero-order chi connectivity index (χ0) is 23.5. The van der Waals surface area contributed by atoms with Crippen LogP contribution in [-0.4, -0.2) is 37.2 Å². The average Bonchev–Trinajstić information content (AvgIpc) is 2.81. The first-order chi connectivity index (χ1) is 15.9. The number of ether oxygens (including phenoxy) is 3. The Balaban J connectivity index is 1.70. The third-order valence-electron chi connectivity index (χ3n) is 5.31. The van der Waals surface area contributed by atoms with Crippen LogP contribution in [0.2, 0.25) is 0 Å². The van der Waals surface area contributed by atoms with Crippen LogP contribution in [0.3, 0.4) is 0 Å². The third kappa shape index (κ3) is 4.65. The van der Waals surface area contributed by atoms with Gasteiger partial charge >= 0.3 is 0 Å². The lowest BCUT2D eigenvalue weighted by Gasteiger charge is -2.25. The molecule has 0 radical (unpaired) electrons. The Morgan fingerprint density at radius 3 is 2.33 bits per heavy atom. The van der Waals surface area contributed by atoms with Gasteiger partial charge in [0.1, 0.15) is 11.6 Å². The molecule has 1 atom stereocenters. The number of methoxy groups -OCH3 is 3. The smallest absolute Gasteiger partial charge is 0.257 e. The summed E-state index contributed by atoms with van der Waals surface area (Å²) < 4.78 is 29.3. The number of fused-ring (bicyclic) bond motifs is 1. The van der Waals surface area contributed by atoms with E-state index in [1.807, 2.05) is 0 Å². The fraction of sp³-hybridized carbons (Fsp3) is 0.261. The Kier molecular flexibility index (Phi) is 6.55. The van der Waals surface area contributed by atoms with Crippen LogP contribution in [0.5, 0.6) is 17.2 Å². The van der Waals surface area contributed by atoms with Crippen molar-refractivity contribution in [1.82, 2.24) is 9.97 Å². The van der Waals surface area contributed by atoms with E-state index in [-0.39, 0.29) is 29.5 Å². The molecule has 3 aromatic rings. The molecule has 1 aromatic heterocycles. The number of carbonyl (C=O) groups is 1. The van der Waals surface area contributed by atoms with Crippen LogP contribution in [0.15, 0.2) is 46.3 Å². The topological polar surface area (TPSA) is 103 Å². The Bertz CT molecular complexity index is 1220. The zero-order valence-corrected chi connectivity index (χ0v) is 19.0. The normalized spacial score (nSPS) is 14.9. The van der Waals surface area contributed by atoms with E-state index in [1.165, 1.54) is 45.2 Å². The van der Waals surface area contributed by atoms with Crippen molar-refractivity contribution in [3.63, 3.8) is 0 Å². The van der Waals surface area contributed by atoms with Crippen molar-refractivity contribution in [2.24, 2.45) is 0 Å². The molecule has 0 bridgehead atoms. The van der Waals surface area contributed by atoms with E-state index < -0.39 is 5.92 Å². The first-order valence-electron chi connectivity index (χ1n) is 10.0. The summed E-state index contributed by atoms with van der Waals surface area (Å²) >= 11 is 1.28. The van der Waals surface area contributed by atoms with Gasteiger partial charge in [-0.3, -0.25) is 9.59 Å². The molecule has 33 heavy (non-hydrogen) atoms. The SMILES string of the molecule is COc1cc([C@H]2CC(=O)Nc3nc(SCc4ccc(F)cc4)[nH]c(=O)c32)cc(OC)c1OC. The van der Waals surface area contributed by atoms with Crippen LogP contribution in [0.4, 0.5) is 10.2 Å². The molecule has 2 heterocycles. The molecule has 10 heteroatoms. The van der Waals surface area contributed by atoms with E-state index in [0.717, 1.165) is 5.56 Å². The monoisotopic (exact) mass is 471 g/mol. The number of thioether (sulfide) groups is 1. The predicted octanol–water partition coefficient (Wildman–Crippen LogP) is 3.70. The summed E-state index contributed by atoms with van der Waals surface area (Å²) in [6.45, 7) is 0. The Labute approximate surface area is 193 Å². The number of carbonyl (C=O) groups excluding carboxylic acids is 1. The molecule has 2 N–H and O–H groups in total. The van der Waals surface area contributed by atoms with Gasteiger partial charge in [-0.2, -0.15) is 0 Å². The largest absolute Gasteiger partial charge is 0.493 e. The highest BCUT2D eigenvalue weighted by atomic mass is 32.2. The third-order valence-corrected chi connectivity index (χ3v) is 6.25. The molecule has 1 aliphatic rings. The first kappa shape index (κ1) is 22.7. The van der Waals surface area contributed by atoms with Crippen LogP contribution in [0.1, 0.15) is 29.0 Å². The molecule has 0 aliphatic carbocycles. The van der Waals surface area contributed by atoms with Gasteiger partial charge in [-0.25, -0.2) is 9.37 Å². The molecular formula is C23H22FN3O5S. The Morgan fingerprint density at radius 1 is 1.06 bits per heavy atom. The second-order valence-corrected chi connectivity index (χ2v) is 8.28. The molecule has 4 rings (SSSR count). The molecule has 0 fully saturated rings. The lowest BCUT2D eigenvalue weighted by Crippen LogP contribution is -2.31. The summed E-state index contributed by atoms with van der Waals surface area (Å²) in [7, 11) is 4.51. The van der Waals surface area contributed by atoms with Gasteiger partial charge < -0.3 is 24.5 Å². The highest BCUT2D eigenvalue weighted by Gasteiger charge is 2.32. The van der Waals surface area contributed by atoms with E-state index in [4.69, 9.17) is 14.2 Å². The van der Waals surface area contributed by atoms with Gasteiger partial charge in [0.2, 0.25) is 11.7 Å². The Morgan fingerprint density at radius 2 is 1.73 bits per heavy atom. The minimum absolute atomic E-state index is 0.0679. The number of hydrogen-bond donors (Lipinski definition) is 2. The van der Waals surface area contributed by atoms with E-state index in [1.54, 1.807) is 24.3 Å². The zero-order valence-electron chi connectivity index (χ0n) is 18.2. The van der Waals surface area contributed by atoms with Crippen molar-refractivity contribution in [2.45, 2.75) is 23.2 Å². The number of hydrogen-bond acceptors (Lipinski definition) is 7. The molecule has 1 aliphatic heterocycles. The van der Waals surface area contributed by atoms with Gasteiger partial charge in [-0.1, -0.05) is 23.9 Å². The number of H-pyrrole nitrogens is 1. The molecule has 2 aromatic carbocycles. The van der Waals surface area contributed by atoms with E-state index in [9.17, 15) is 14.0 Å². The lowest BCUT2D eigenvalue weighted by atomic mass is 9.86. The average molecular weight is 472 g/mol. The summed E-state index contributed by atoms with van der Waals surface area (Å²) in [5.74, 6) is 0.852. The van der Waals surface area contributed by atoms with Crippen molar-refractivity contribution in [2.75, 3.05) is 26.6 Å². The molecule has 1 amide bonds. The molecule has 0 unspecified atom stereocenters. The number of aromatic amines is 1. The maximum absolute atomic E-state index is 13.1. The molecule has 8 nitrogen and oxygen atoms in total. The van der Waals surface area contributed by atoms with Gasteiger partial charge in [-0.15, -0.1) is 0 Å². The van der Waals surface area contributed by atoms with Crippen LogP contribution in [-0.2, 0) is 10.5 Å². The maximum Gasteiger partial charge on any atom is 0.257 e. The highest BCUT2D eigenvalue weighted by Crippen LogP contribution is 2.43. The molecule has 0 spiro atoms. The van der Waals surface area contributed by atoms with Crippen molar-refractivity contribution in [3.05, 3.63) is 69.3 Å². The minimum Gasteiger partial charge on any atom is -0.493 e. The number of benzene rings is 2. The second-order valence-electron chi connectivity index (χ2n) is 7.31. The summed E-state index contributed by atoms with van der Waals surface area (Å²) in [4.78, 5) is 32.8. The number of halogens is 1. The quantitative estimate of drug-likeness (QED) is 0.400. The van der Waals surface area contributed by atoms with Crippen molar-refractivity contribution < 1.29 is 23.4 Å². The fourth-order valence-electron chi connectivity index (χ4n) is 3.74. The summed E-state index contributed by atoms with van der Waals surface area (Å²) in [6, 6.07) is 9.54. The molecule has 172 valence electrons. The first-order valence-corrected chi connectivity index (χ1v) is 11.0. The molecule has 0 saturated carbocycles. The standard InChI is InChI=1S/C23H22FN3O5S/c1-30-16-8-13(9-17(31-2)20(16)32-3)15-10-18(28)25-21-19(15)22(29)27-23(26-21)33-11-12-4-6-14(24)7-5-12/h4-9,15H,10-11H2,1-3H3,(H2,25,26,27,28,29)/t15-/m1/s1. The van der Waals surface area contributed by atoms with Crippen molar-refractivity contribution >= 4 is 23.5 Å². The van der Waals surface area contributed by atoms with Crippen molar-refractivity contribution in [1.29, 1.82) is 0 Å². The summed E-state index contributed by atoms with van der Waals surface area (Å²) in [5.41, 5.74) is 1.55. The minimum atomic E-state index is -0.546. The predicted molar refractivity (Wildman–Crippen MR) is 122 cm³/mol. The number of anilines is 1. The summed E-state index contributed by atoms with van der Waals surface area (Å²) in [6.07, 6.45) is 0.0679. The van der Waals surface area contributed by atoms with Gasteiger partial charge in [0.05, 0.1) is 26.9 Å². The van der Waals surface area contributed by atoms with Crippen LogP contribution in [0, 0.1) is 5.82 Å². The molecule has 0 saturated heterocycles. The van der Waals surface area contributed by atoms with Gasteiger partial charge in [0, 0.05) is 18.1 Å². The Hall–Kier alpha value is -3.53. The number of nitrogens with one attached hydrogen (secondary N) is 2. The number of aromatic nitrogens is 2. The van der Waals surface area contributed by atoms with Gasteiger partial charge in [0.15, 0.2) is 16.7 Å². The van der Waals surface area contributed by atoms with Crippen molar-refractivity contribution in [3.8, 4) is 17.2 Å². The summed E-state index contributed by atoms with van der Waals surface area (Å²) in [5, 5.41) is 3.06. The highest BCUT2D eigenvalue weighted by molar-refractivity contribution is 7.98. The van der Waals surface area contributed by atoms with Gasteiger partial charge in [-0.05, 0) is 35.4 Å². The number of amides is 1. The lowest BCUT2D eigenvalue weighted by molar-refractivity contribution is -0.116. The number of nitrogens with zero attached hydrogens (tertiary/aromatic N) is 1. The fourth-order valence-corrected chi connectivity index (χ4v) is 4.56. The molecular weight excluding hydrogens is 449 g/mol. The van der Waals surface area contributed by atoms with Gasteiger partial charge in [0.25, 0.3) is 5.56 Å². The maximum atomic E-state index is 13.1. The van der Waals surface area contributed by atoms with E-state index >= 15 is 0 Å².